The number of hydrogen-bond donors (Lipinski definition) is 0. The van der Waals surface area contributed by atoms with Crippen LogP contribution in [0.25, 0.3) is 0 Å². The van der Waals surface area contributed by atoms with Crippen molar-refractivity contribution in [3.63, 3.8) is 0 Å². The smallest absolute Gasteiger partial charge is 0.313 e. The second-order valence-corrected chi connectivity index (χ2v) is 15.2. The Morgan fingerprint density at radius 3 is 2.32 bits per heavy atom. The van der Waals surface area contributed by atoms with Gasteiger partial charge in [-0.05, 0) is 79.4 Å². The molecule has 0 aromatic heterocycles. The highest BCUT2D eigenvalue weighted by molar-refractivity contribution is 5.85. The molecule has 2 aliphatic heterocycles. The highest BCUT2D eigenvalue weighted by Crippen LogP contribution is 2.83. The SMILES string of the molecule is CC1CCC23CCC4(C)C5(C)CCC6C(C)(C)C(=O)CCC6(C)C5C5OC5C4(OC2=O)C3C1C. The Balaban J connectivity index is 1.40. The number of rotatable bonds is 0. The van der Waals surface area contributed by atoms with Gasteiger partial charge in [-0.1, -0.05) is 48.5 Å². The molecule has 0 aromatic carbocycles. The number of carbonyl (C=O) groups excluding carboxylic acids is 2. The number of esters is 1. The lowest BCUT2D eigenvalue weighted by Gasteiger charge is -2.72. The summed E-state index contributed by atoms with van der Waals surface area (Å²) in [6.45, 7) is 16.7. The van der Waals surface area contributed by atoms with Crippen LogP contribution in [0.4, 0.5) is 0 Å². The van der Waals surface area contributed by atoms with Crippen molar-refractivity contribution in [1.82, 2.24) is 0 Å². The second kappa shape index (κ2) is 5.97. The molecule has 7 rings (SSSR count). The highest BCUT2D eigenvalue weighted by atomic mass is 16.6. The molecule has 7 aliphatic rings. The van der Waals surface area contributed by atoms with Crippen molar-refractivity contribution in [2.75, 3.05) is 0 Å². The van der Waals surface area contributed by atoms with Crippen LogP contribution in [-0.2, 0) is 19.1 Å². The maximum Gasteiger partial charge on any atom is 0.313 e. The van der Waals surface area contributed by atoms with E-state index in [1.54, 1.807) is 0 Å². The van der Waals surface area contributed by atoms with Crippen molar-refractivity contribution in [1.29, 1.82) is 0 Å². The fraction of sp³-hybridized carbons (Fsp3) is 0.933. The van der Waals surface area contributed by atoms with E-state index in [0.29, 0.717) is 35.9 Å². The molecule has 7 fully saturated rings. The third-order valence-electron chi connectivity index (χ3n) is 14.3. The lowest BCUT2D eigenvalue weighted by molar-refractivity contribution is -0.270. The molecule has 0 amide bonds. The van der Waals surface area contributed by atoms with Crippen LogP contribution in [0.15, 0.2) is 0 Å². The third kappa shape index (κ3) is 1.99. The summed E-state index contributed by atoms with van der Waals surface area (Å²) in [5.74, 6) is 2.75. The fourth-order valence-corrected chi connectivity index (χ4v) is 12.2. The van der Waals surface area contributed by atoms with Crippen molar-refractivity contribution in [3.8, 4) is 0 Å². The predicted molar refractivity (Wildman–Crippen MR) is 129 cm³/mol. The summed E-state index contributed by atoms with van der Waals surface area (Å²) in [7, 11) is 0. The van der Waals surface area contributed by atoms with Gasteiger partial charge in [0.2, 0.25) is 0 Å². The molecule has 1 spiro atoms. The van der Waals surface area contributed by atoms with E-state index in [-0.39, 0.29) is 51.2 Å². The molecule has 2 bridgehead atoms. The van der Waals surface area contributed by atoms with Crippen LogP contribution >= 0.6 is 0 Å². The number of epoxide rings is 1. The fourth-order valence-electron chi connectivity index (χ4n) is 12.2. The number of ether oxygens (including phenoxy) is 2. The maximum atomic E-state index is 13.8. The zero-order valence-corrected chi connectivity index (χ0v) is 22.3. The minimum absolute atomic E-state index is 0.0377. The Kier molecular flexibility index (Phi) is 3.92. The van der Waals surface area contributed by atoms with Crippen molar-refractivity contribution < 1.29 is 19.1 Å². The summed E-state index contributed by atoms with van der Waals surface area (Å²) < 4.78 is 13.6. The molecule has 2 heterocycles. The Bertz CT molecular complexity index is 1000. The van der Waals surface area contributed by atoms with Gasteiger partial charge in [-0.25, -0.2) is 0 Å². The summed E-state index contributed by atoms with van der Waals surface area (Å²) in [6.07, 6.45) is 8.27. The largest absolute Gasteiger partial charge is 0.455 e. The standard InChI is InChI=1S/C30H44O4/c1-16-8-13-29-15-14-28(7)27(6)12-9-18-25(3,4)19(31)10-11-26(18,5)22(27)20-23(33-20)30(28,34-24(29)32)21(29)17(16)2/h16-18,20-23H,8-15H2,1-7H3. The third-order valence-corrected chi connectivity index (χ3v) is 14.3. The van der Waals surface area contributed by atoms with Crippen LogP contribution < -0.4 is 0 Å². The van der Waals surface area contributed by atoms with Gasteiger partial charge in [-0.3, -0.25) is 9.59 Å². The Morgan fingerprint density at radius 2 is 1.59 bits per heavy atom. The van der Waals surface area contributed by atoms with Crippen molar-refractivity contribution >= 4 is 11.8 Å². The van der Waals surface area contributed by atoms with Gasteiger partial charge in [0.15, 0.2) is 5.60 Å². The molecule has 0 radical (unpaired) electrons. The molecule has 0 N–H and O–H groups in total. The topological polar surface area (TPSA) is 55.9 Å². The number of fused-ring (bicyclic) bond motifs is 6. The molecular weight excluding hydrogens is 424 g/mol. The summed E-state index contributed by atoms with van der Waals surface area (Å²) in [5.41, 5.74) is -0.973. The van der Waals surface area contributed by atoms with E-state index in [1.807, 2.05) is 0 Å². The van der Waals surface area contributed by atoms with Crippen LogP contribution in [0, 0.1) is 56.7 Å². The van der Waals surface area contributed by atoms with Crippen LogP contribution in [-0.4, -0.2) is 29.6 Å². The monoisotopic (exact) mass is 468 g/mol. The number of carbonyl (C=O) groups is 2. The second-order valence-electron chi connectivity index (χ2n) is 15.2. The van der Waals surface area contributed by atoms with E-state index in [2.05, 4.69) is 48.5 Å². The minimum atomic E-state index is -0.477. The number of hydrogen-bond acceptors (Lipinski definition) is 4. The predicted octanol–water partition coefficient (Wildman–Crippen LogP) is 5.96. The average molecular weight is 469 g/mol. The van der Waals surface area contributed by atoms with E-state index in [9.17, 15) is 9.59 Å². The summed E-state index contributed by atoms with van der Waals surface area (Å²) >= 11 is 0. The van der Waals surface area contributed by atoms with Crippen LogP contribution in [0.1, 0.15) is 99.8 Å². The van der Waals surface area contributed by atoms with Crippen LogP contribution in [0.5, 0.6) is 0 Å². The first-order valence-electron chi connectivity index (χ1n) is 14.2. The molecule has 12 unspecified atom stereocenters. The molecular formula is C30H44O4. The van der Waals surface area contributed by atoms with Crippen LogP contribution in [0.2, 0.25) is 0 Å². The minimum Gasteiger partial charge on any atom is -0.455 e. The van der Waals surface area contributed by atoms with Gasteiger partial charge in [-0.2, -0.15) is 0 Å². The maximum absolute atomic E-state index is 13.8. The summed E-state index contributed by atoms with van der Waals surface area (Å²) in [5, 5.41) is 0. The van der Waals surface area contributed by atoms with Gasteiger partial charge in [-0.15, -0.1) is 0 Å². The lowest BCUT2D eigenvalue weighted by atomic mass is 9.30. The average Bonchev–Trinajstić information content (AvgIpc) is 3.51. The van der Waals surface area contributed by atoms with E-state index in [4.69, 9.17) is 9.47 Å². The Labute approximate surface area is 205 Å². The van der Waals surface area contributed by atoms with Gasteiger partial charge in [0.05, 0.1) is 11.5 Å². The molecule has 5 saturated carbocycles. The highest BCUT2D eigenvalue weighted by Gasteiger charge is 2.89. The van der Waals surface area contributed by atoms with Crippen molar-refractivity contribution in [3.05, 3.63) is 0 Å². The molecule has 0 aromatic rings. The summed E-state index contributed by atoms with van der Waals surface area (Å²) in [4.78, 5) is 26.8. The zero-order valence-electron chi connectivity index (χ0n) is 22.3. The first-order chi connectivity index (χ1) is 15.8. The Morgan fingerprint density at radius 1 is 0.853 bits per heavy atom. The molecule has 188 valence electrons. The molecule has 12 atom stereocenters. The quantitative estimate of drug-likeness (QED) is 0.325. The van der Waals surface area contributed by atoms with Crippen molar-refractivity contribution in [2.45, 2.75) is 118 Å². The summed E-state index contributed by atoms with van der Waals surface area (Å²) in [6, 6.07) is 0. The van der Waals surface area contributed by atoms with Gasteiger partial charge in [0.1, 0.15) is 11.9 Å². The van der Waals surface area contributed by atoms with Gasteiger partial charge in [0.25, 0.3) is 0 Å². The molecule has 4 heteroatoms. The normalized spacial score (nSPS) is 63.0. The lowest BCUT2D eigenvalue weighted by Crippen LogP contribution is -2.75. The zero-order chi connectivity index (χ0) is 24.3. The molecule has 4 nitrogen and oxygen atoms in total. The van der Waals surface area contributed by atoms with E-state index >= 15 is 0 Å². The molecule has 2 saturated heterocycles. The first-order valence-corrected chi connectivity index (χ1v) is 14.2. The molecule has 34 heavy (non-hydrogen) atoms. The van der Waals surface area contributed by atoms with Gasteiger partial charge >= 0.3 is 5.97 Å². The van der Waals surface area contributed by atoms with Gasteiger partial charge < -0.3 is 9.47 Å². The first kappa shape index (κ1) is 22.3. The van der Waals surface area contributed by atoms with Gasteiger partial charge in [0, 0.05) is 23.2 Å². The molecule has 5 aliphatic carbocycles. The van der Waals surface area contributed by atoms with Crippen LogP contribution in [0.3, 0.4) is 0 Å². The number of ketones is 1. The Hall–Kier alpha value is -0.900. The number of Topliss-reactive ketones (excluding diaryl/α,β-unsaturated/α-hetero) is 1. The van der Waals surface area contributed by atoms with Crippen molar-refractivity contribution in [2.24, 2.45) is 56.7 Å². The van der Waals surface area contributed by atoms with E-state index < -0.39 is 5.60 Å². The van der Waals surface area contributed by atoms with E-state index in [0.717, 1.165) is 44.9 Å². The van der Waals surface area contributed by atoms with E-state index in [1.165, 1.54) is 0 Å².